The van der Waals surface area contributed by atoms with Gasteiger partial charge >= 0.3 is 0 Å². The zero-order chi connectivity index (χ0) is 7.98. The Morgan fingerprint density at radius 1 is 1.60 bits per heavy atom. The zero-order valence-electron chi connectivity index (χ0n) is 6.60. The predicted octanol–water partition coefficient (Wildman–Crippen LogP) is -0.338. The monoisotopic (exact) mass is 146 g/mol. The highest BCUT2D eigenvalue weighted by Crippen LogP contribution is 1.74. The molecule has 0 saturated carbocycles. The summed E-state index contributed by atoms with van der Waals surface area (Å²) in [6.07, 6.45) is 0. The molecule has 0 aliphatic rings. The second-order valence-electron chi connectivity index (χ2n) is 2.25. The van der Waals surface area contributed by atoms with Crippen LogP contribution in [0.15, 0.2) is 0 Å². The van der Waals surface area contributed by atoms with E-state index in [4.69, 9.17) is 0 Å². The molecule has 0 heterocycles. The summed E-state index contributed by atoms with van der Waals surface area (Å²) in [7, 11) is 1.47. The molecule has 0 spiro atoms. The zero-order valence-corrected chi connectivity index (χ0v) is 6.60. The lowest BCUT2D eigenvalue weighted by Gasteiger charge is -2.07. The third-order valence-electron chi connectivity index (χ3n) is 0.827. The summed E-state index contributed by atoms with van der Waals surface area (Å²) in [5.41, 5.74) is 2.44. The van der Waals surface area contributed by atoms with E-state index in [1.807, 2.05) is 13.8 Å². The Morgan fingerprint density at radius 2 is 2.20 bits per heavy atom. The van der Waals surface area contributed by atoms with Crippen LogP contribution in [-0.4, -0.2) is 25.6 Å². The molecular weight excluding hydrogens is 132 g/mol. The van der Waals surface area contributed by atoms with E-state index in [0.717, 1.165) is 0 Å². The van der Waals surface area contributed by atoms with E-state index in [9.17, 15) is 4.79 Å². The number of carbonyl (C=O) groups excluding carboxylic acids is 1. The van der Waals surface area contributed by atoms with Crippen molar-refractivity contribution in [3.8, 4) is 0 Å². The Kier molecular flexibility index (Phi) is 4.88. The van der Waals surface area contributed by atoms with Crippen molar-refractivity contribution < 1.29 is 9.63 Å². The summed E-state index contributed by atoms with van der Waals surface area (Å²) in [5.74, 6) is -0.0585. The molecule has 4 nitrogen and oxygen atoms in total. The predicted molar refractivity (Wildman–Crippen MR) is 38.3 cm³/mol. The van der Waals surface area contributed by atoms with Crippen LogP contribution >= 0.6 is 0 Å². The fraction of sp³-hybridized carbons (Fsp3) is 0.833. The van der Waals surface area contributed by atoms with Crippen molar-refractivity contribution in [2.75, 3.05) is 13.7 Å². The summed E-state index contributed by atoms with van der Waals surface area (Å²) in [4.78, 5) is 15.2. The first-order valence-corrected chi connectivity index (χ1v) is 3.22. The lowest BCUT2D eigenvalue weighted by Crippen LogP contribution is -2.37. The highest BCUT2D eigenvalue weighted by molar-refractivity contribution is 5.78. The second-order valence-corrected chi connectivity index (χ2v) is 2.25. The summed E-state index contributed by atoms with van der Waals surface area (Å²) in [5, 5.41) is 2.70. The molecule has 0 atom stereocenters. The van der Waals surface area contributed by atoms with E-state index < -0.39 is 0 Å². The van der Waals surface area contributed by atoms with Gasteiger partial charge in [-0.3, -0.25) is 4.79 Å². The van der Waals surface area contributed by atoms with Gasteiger partial charge in [0.25, 0.3) is 0 Å². The quantitative estimate of drug-likeness (QED) is 0.533. The molecular formula is C6H14N2O2. The molecule has 60 valence electrons. The molecule has 0 radical (unpaired) electrons. The smallest absolute Gasteiger partial charge is 0.236 e. The van der Waals surface area contributed by atoms with Gasteiger partial charge in [-0.05, 0) is 13.8 Å². The number of hydrogen-bond acceptors (Lipinski definition) is 3. The van der Waals surface area contributed by atoms with Crippen LogP contribution in [0.2, 0.25) is 0 Å². The van der Waals surface area contributed by atoms with Crippen LogP contribution in [-0.2, 0) is 9.63 Å². The van der Waals surface area contributed by atoms with Crippen LogP contribution in [0.5, 0.6) is 0 Å². The maximum Gasteiger partial charge on any atom is 0.236 e. The maximum absolute atomic E-state index is 10.8. The topological polar surface area (TPSA) is 50.4 Å². The normalized spacial score (nSPS) is 10.0. The van der Waals surface area contributed by atoms with Crippen molar-refractivity contribution in [2.45, 2.75) is 19.9 Å². The van der Waals surface area contributed by atoms with Gasteiger partial charge in [0, 0.05) is 6.04 Å². The Labute approximate surface area is 60.9 Å². The van der Waals surface area contributed by atoms with E-state index in [1.54, 1.807) is 0 Å². The minimum atomic E-state index is -0.0585. The minimum absolute atomic E-state index is 0.0585. The molecule has 0 bridgehead atoms. The van der Waals surface area contributed by atoms with Crippen molar-refractivity contribution in [2.24, 2.45) is 0 Å². The Hall–Kier alpha value is -0.610. The van der Waals surface area contributed by atoms with Gasteiger partial charge in [0.1, 0.15) is 0 Å². The molecule has 1 amide bonds. The van der Waals surface area contributed by atoms with Crippen LogP contribution in [0.4, 0.5) is 0 Å². The van der Waals surface area contributed by atoms with E-state index in [1.165, 1.54) is 7.11 Å². The molecule has 0 aliphatic carbocycles. The molecule has 10 heavy (non-hydrogen) atoms. The number of hydrogen-bond donors (Lipinski definition) is 2. The molecule has 0 aliphatic heterocycles. The van der Waals surface area contributed by atoms with Crippen LogP contribution in [0, 0.1) is 0 Å². The largest absolute Gasteiger partial charge is 0.353 e. The number of hydroxylamine groups is 1. The summed E-state index contributed by atoms with van der Waals surface area (Å²) in [6, 6.07) is 0.186. The third-order valence-corrected chi connectivity index (χ3v) is 0.827. The van der Waals surface area contributed by atoms with Gasteiger partial charge in [-0.1, -0.05) is 0 Å². The standard InChI is InChI=1S/C6H14N2O2/c1-5(2)8-6(9)4-7-10-3/h5,7H,4H2,1-3H3,(H,8,9). The average molecular weight is 146 g/mol. The number of nitrogens with one attached hydrogen (secondary N) is 2. The SMILES string of the molecule is CONCC(=O)NC(C)C. The van der Waals surface area contributed by atoms with Crippen molar-refractivity contribution in [1.29, 1.82) is 0 Å². The first-order chi connectivity index (χ1) is 4.66. The fourth-order valence-electron chi connectivity index (χ4n) is 0.511. The molecule has 0 aromatic rings. The Bertz CT molecular complexity index is 104. The summed E-state index contributed by atoms with van der Waals surface area (Å²) < 4.78 is 0. The van der Waals surface area contributed by atoms with Crippen molar-refractivity contribution in [3.63, 3.8) is 0 Å². The van der Waals surface area contributed by atoms with Gasteiger partial charge in [-0.15, -0.1) is 0 Å². The van der Waals surface area contributed by atoms with Gasteiger partial charge in [0.05, 0.1) is 13.7 Å². The molecule has 0 aromatic carbocycles. The van der Waals surface area contributed by atoms with E-state index in [2.05, 4.69) is 15.6 Å². The third kappa shape index (κ3) is 5.53. The van der Waals surface area contributed by atoms with Gasteiger partial charge in [0.2, 0.25) is 5.91 Å². The van der Waals surface area contributed by atoms with Crippen molar-refractivity contribution >= 4 is 5.91 Å². The number of amides is 1. The first-order valence-electron chi connectivity index (χ1n) is 3.22. The van der Waals surface area contributed by atoms with Gasteiger partial charge in [-0.25, -0.2) is 0 Å². The van der Waals surface area contributed by atoms with Crippen LogP contribution in [0.1, 0.15) is 13.8 Å². The van der Waals surface area contributed by atoms with Gasteiger partial charge in [-0.2, -0.15) is 5.48 Å². The Morgan fingerprint density at radius 3 is 2.60 bits per heavy atom. The van der Waals surface area contributed by atoms with Crippen LogP contribution in [0.3, 0.4) is 0 Å². The summed E-state index contributed by atoms with van der Waals surface area (Å²) in [6.45, 7) is 4.02. The van der Waals surface area contributed by atoms with Gasteiger partial charge < -0.3 is 10.2 Å². The molecule has 0 unspecified atom stereocenters. The molecule has 0 fully saturated rings. The van der Waals surface area contributed by atoms with Gasteiger partial charge in [0.15, 0.2) is 0 Å². The number of rotatable bonds is 4. The average Bonchev–Trinajstić information content (AvgIpc) is 1.82. The highest BCUT2D eigenvalue weighted by atomic mass is 16.6. The number of carbonyl (C=O) groups is 1. The van der Waals surface area contributed by atoms with E-state index >= 15 is 0 Å². The molecule has 0 aromatic heterocycles. The highest BCUT2D eigenvalue weighted by Gasteiger charge is 2.00. The molecule has 0 rings (SSSR count). The Balaban J connectivity index is 3.26. The van der Waals surface area contributed by atoms with E-state index in [-0.39, 0.29) is 18.5 Å². The van der Waals surface area contributed by atoms with Crippen molar-refractivity contribution in [3.05, 3.63) is 0 Å². The van der Waals surface area contributed by atoms with Crippen LogP contribution < -0.4 is 10.8 Å². The molecule has 0 saturated heterocycles. The minimum Gasteiger partial charge on any atom is -0.353 e. The first kappa shape index (κ1) is 9.39. The van der Waals surface area contributed by atoms with Crippen LogP contribution in [0.25, 0.3) is 0 Å². The summed E-state index contributed by atoms with van der Waals surface area (Å²) >= 11 is 0. The molecule has 2 N–H and O–H groups in total. The molecule has 4 heteroatoms. The lowest BCUT2D eigenvalue weighted by atomic mass is 10.4. The lowest BCUT2D eigenvalue weighted by molar-refractivity contribution is -0.122. The maximum atomic E-state index is 10.8. The second kappa shape index (κ2) is 5.20. The fourth-order valence-corrected chi connectivity index (χ4v) is 0.511. The van der Waals surface area contributed by atoms with E-state index in [0.29, 0.717) is 0 Å². The van der Waals surface area contributed by atoms with Crippen molar-refractivity contribution in [1.82, 2.24) is 10.8 Å².